The summed E-state index contributed by atoms with van der Waals surface area (Å²) in [6, 6.07) is 1.97. The van der Waals surface area contributed by atoms with Crippen molar-refractivity contribution in [2.24, 2.45) is 5.92 Å². The van der Waals surface area contributed by atoms with Crippen LogP contribution >= 0.6 is 0 Å². The number of aromatic nitrogens is 2. The number of nitrogens with one attached hydrogen (secondary N) is 2. The highest BCUT2D eigenvalue weighted by molar-refractivity contribution is 5.75. The van der Waals surface area contributed by atoms with E-state index in [1.807, 2.05) is 45.8 Å². The summed E-state index contributed by atoms with van der Waals surface area (Å²) < 4.78 is 0. The van der Waals surface area contributed by atoms with E-state index < -0.39 is 0 Å². The Kier molecular flexibility index (Phi) is 6.08. The van der Waals surface area contributed by atoms with E-state index in [1.54, 1.807) is 6.20 Å². The average molecular weight is 348 g/mol. The number of carbonyl (C=O) groups is 1. The van der Waals surface area contributed by atoms with Gasteiger partial charge in [-0.3, -0.25) is 0 Å². The van der Waals surface area contributed by atoms with Crippen LogP contribution in [0.3, 0.4) is 0 Å². The van der Waals surface area contributed by atoms with Crippen molar-refractivity contribution in [1.82, 2.24) is 20.6 Å². The Bertz CT molecular complexity index is 583. The fourth-order valence-electron chi connectivity index (χ4n) is 3.06. The molecule has 1 aliphatic heterocycles. The van der Waals surface area contributed by atoms with Crippen molar-refractivity contribution < 1.29 is 4.79 Å². The zero-order valence-corrected chi connectivity index (χ0v) is 16.3. The predicted molar refractivity (Wildman–Crippen MR) is 102 cm³/mol. The largest absolute Gasteiger partial charge is 0.356 e. The Morgan fingerprint density at radius 3 is 2.76 bits per heavy atom. The van der Waals surface area contributed by atoms with E-state index in [9.17, 15) is 4.79 Å². The Labute approximate surface area is 151 Å². The van der Waals surface area contributed by atoms with Gasteiger partial charge in [0.2, 0.25) is 5.95 Å². The maximum atomic E-state index is 12.1. The molecule has 0 spiro atoms. The van der Waals surface area contributed by atoms with Crippen LogP contribution in [0.1, 0.15) is 40.5 Å². The van der Waals surface area contributed by atoms with E-state index in [1.165, 1.54) is 0 Å². The van der Waals surface area contributed by atoms with Gasteiger partial charge in [-0.1, -0.05) is 0 Å². The minimum absolute atomic E-state index is 0.103. The second kappa shape index (κ2) is 7.89. The maximum absolute atomic E-state index is 12.1. The van der Waals surface area contributed by atoms with Crippen LogP contribution in [0.2, 0.25) is 0 Å². The average Bonchev–Trinajstić information content (AvgIpc) is 2.53. The number of anilines is 2. The maximum Gasteiger partial charge on any atom is 0.315 e. The number of amides is 2. The van der Waals surface area contributed by atoms with Gasteiger partial charge in [-0.15, -0.1) is 0 Å². The van der Waals surface area contributed by atoms with Crippen LogP contribution in [-0.4, -0.2) is 54.8 Å². The van der Waals surface area contributed by atoms with Crippen molar-refractivity contribution >= 4 is 17.8 Å². The number of urea groups is 1. The first-order valence-corrected chi connectivity index (χ1v) is 9.00. The van der Waals surface area contributed by atoms with Gasteiger partial charge in [-0.2, -0.15) is 4.98 Å². The lowest BCUT2D eigenvalue weighted by Gasteiger charge is -2.37. The molecule has 2 rings (SSSR count). The Morgan fingerprint density at radius 2 is 2.12 bits per heavy atom. The standard InChI is InChI=1S/C18H32N6O/c1-13(20-17(25)22-18(2,3)4)14-8-7-11-24(12-14)15-9-10-19-16(21-15)23(5)6/h9-10,13-14H,7-8,11-12H2,1-6H3,(H2,20,22,25)/t13-,14+/m0/s1. The molecule has 2 amide bonds. The number of rotatable bonds is 4. The molecule has 0 unspecified atom stereocenters. The van der Waals surface area contributed by atoms with Crippen LogP contribution in [0.5, 0.6) is 0 Å². The zero-order chi connectivity index (χ0) is 18.6. The number of hydrogen-bond donors (Lipinski definition) is 2. The molecule has 7 heteroatoms. The van der Waals surface area contributed by atoms with Crippen LogP contribution in [0.15, 0.2) is 12.3 Å². The molecular formula is C18H32N6O. The van der Waals surface area contributed by atoms with Gasteiger partial charge in [0.15, 0.2) is 0 Å². The van der Waals surface area contributed by atoms with Crippen molar-refractivity contribution in [1.29, 1.82) is 0 Å². The third-order valence-electron chi connectivity index (χ3n) is 4.36. The highest BCUT2D eigenvalue weighted by Gasteiger charge is 2.27. The molecular weight excluding hydrogens is 316 g/mol. The number of nitrogens with zero attached hydrogens (tertiary/aromatic N) is 4. The fraction of sp³-hybridized carbons (Fsp3) is 0.722. The number of carbonyl (C=O) groups excluding carboxylic acids is 1. The molecule has 0 aromatic carbocycles. The molecule has 0 bridgehead atoms. The molecule has 25 heavy (non-hydrogen) atoms. The molecule has 2 heterocycles. The smallest absolute Gasteiger partial charge is 0.315 e. The summed E-state index contributed by atoms with van der Waals surface area (Å²) in [5, 5.41) is 6.05. The third kappa shape index (κ3) is 5.76. The zero-order valence-electron chi connectivity index (χ0n) is 16.3. The van der Waals surface area contributed by atoms with Gasteiger partial charge in [0, 0.05) is 45.0 Å². The normalized spacial score (nSPS) is 19.3. The first-order chi connectivity index (χ1) is 11.7. The van der Waals surface area contributed by atoms with E-state index in [2.05, 4.69) is 32.4 Å². The van der Waals surface area contributed by atoms with Gasteiger partial charge in [0.1, 0.15) is 5.82 Å². The summed E-state index contributed by atoms with van der Waals surface area (Å²) in [5.41, 5.74) is -0.230. The Hall–Kier alpha value is -2.05. The molecule has 0 radical (unpaired) electrons. The highest BCUT2D eigenvalue weighted by atomic mass is 16.2. The fourth-order valence-corrected chi connectivity index (χ4v) is 3.06. The lowest BCUT2D eigenvalue weighted by atomic mass is 9.91. The summed E-state index contributed by atoms with van der Waals surface area (Å²) in [6.45, 7) is 9.91. The first-order valence-electron chi connectivity index (χ1n) is 9.00. The third-order valence-corrected chi connectivity index (χ3v) is 4.36. The summed E-state index contributed by atoms with van der Waals surface area (Å²) >= 11 is 0. The summed E-state index contributed by atoms with van der Waals surface area (Å²) in [7, 11) is 3.88. The molecule has 1 saturated heterocycles. The first kappa shape index (κ1) is 19.3. The topological polar surface area (TPSA) is 73.4 Å². The van der Waals surface area contributed by atoms with E-state index in [-0.39, 0.29) is 17.6 Å². The van der Waals surface area contributed by atoms with Crippen LogP contribution in [0, 0.1) is 5.92 Å². The lowest BCUT2D eigenvalue weighted by molar-refractivity contribution is 0.221. The highest BCUT2D eigenvalue weighted by Crippen LogP contribution is 2.24. The summed E-state index contributed by atoms with van der Waals surface area (Å²) in [5.74, 6) is 2.07. The van der Waals surface area contributed by atoms with Gasteiger partial charge < -0.3 is 20.4 Å². The van der Waals surface area contributed by atoms with Crippen LogP contribution in [-0.2, 0) is 0 Å². The van der Waals surface area contributed by atoms with Gasteiger partial charge >= 0.3 is 6.03 Å². The van der Waals surface area contributed by atoms with Crippen molar-refractivity contribution in [3.05, 3.63) is 12.3 Å². The summed E-state index contributed by atoms with van der Waals surface area (Å²) in [6.07, 6.45) is 4.01. The molecule has 0 saturated carbocycles. The van der Waals surface area contributed by atoms with E-state index in [0.717, 1.165) is 37.7 Å². The minimum atomic E-state index is -0.230. The lowest BCUT2D eigenvalue weighted by Crippen LogP contribution is -2.52. The van der Waals surface area contributed by atoms with E-state index >= 15 is 0 Å². The van der Waals surface area contributed by atoms with Crippen molar-refractivity contribution in [3.8, 4) is 0 Å². The van der Waals surface area contributed by atoms with Gasteiger partial charge in [-0.05, 0) is 52.5 Å². The molecule has 7 nitrogen and oxygen atoms in total. The van der Waals surface area contributed by atoms with Crippen molar-refractivity contribution in [3.63, 3.8) is 0 Å². The second-order valence-corrected chi connectivity index (χ2v) is 8.09. The molecule has 0 aliphatic carbocycles. The monoisotopic (exact) mass is 348 g/mol. The SMILES string of the molecule is C[C@H](NC(=O)NC(C)(C)C)[C@@H]1CCCN(c2ccnc(N(C)C)n2)C1. The molecule has 140 valence electrons. The molecule has 2 N–H and O–H groups in total. The van der Waals surface area contributed by atoms with Crippen molar-refractivity contribution in [2.45, 2.75) is 52.1 Å². The predicted octanol–water partition coefficient (Wildman–Crippen LogP) is 2.25. The quantitative estimate of drug-likeness (QED) is 0.873. The van der Waals surface area contributed by atoms with Crippen LogP contribution < -0.4 is 20.4 Å². The van der Waals surface area contributed by atoms with Gasteiger partial charge in [-0.25, -0.2) is 9.78 Å². The molecule has 2 atom stereocenters. The Balaban J connectivity index is 1.98. The molecule has 1 aliphatic rings. The van der Waals surface area contributed by atoms with Crippen molar-refractivity contribution in [2.75, 3.05) is 37.0 Å². The Morgan fingerprint density at radius 1 is 1.40 bits per heavy atom. The summed E-state index contributed by atoms with van der Waals surface area (Å²) in [4.78, 5) is 25.2. The van der Waals surface area contributed by atoms with E-state index in [0.29, 0.717) is 5.92 Å². The van der Waals surface area contributed by atoms with Crippen LogP contribution in [0.25, 0.3) is 0 Å². The van der Waals surface area contributed by atoms with Gasteiger partial charge in [0.25, 0.3) is 0 Å². The molecule has 1 aromatic rings. The second-order valence-electron chi connectivity index (χ2n) is 8.09. The number of piperidine rings is 1. The van der Waals surface area contributed by atoms with E-state index in [4.69, 9.17) is 0 Å². The minimum Gasteiger partial charge on any atom is -0.356 e. The van der Waals surface area contributed by atoms with Crippen LogP contribution in [0.4, 0.5) is 16.6 Å². The number of hydrogen-bond acceptors (Lipinski definition) is 5. The molecule has 1 fully saturated rings. The molecule has 1 aromatic heterocycles. The van der Waals surface area contributed by atoms with Gasteiger partial charge in [0.05, 0.1) is 0 Å².